The third kappa shape index (κ3) is 2.91. The summed E-state index contributed by atoms with van der Waals surface area (Å²) in [5.41, 5.74) is -0.0443. The summed E-state index contributed by atoms with van der Waals surface area (Å²) < 4.78 is 0. The van der Waals surface area contributed by atoms with Crippen molar-refractivity contribution in [1.29, 1.82) is 0 Å². The van der Waals surface area contributed by atoms with Crippen molar-refractivity contribution in [3.05, 3.63) is 33.8 Å². The van der Waals surface area contributed by atoms with Crippen molar-refractivity contribution in [3.63, 3.8) is 0 Å². The molecule has 20 heavy (non-hydrogen) atoms. The summed E-state index contributed by atoms with van der Waals surface area (Å²) >= 11 is 11.8. The fourth-order valence-corrected chi connectivity index (χ4v) is 2.58. The van der Waals surface area contributed by atoms with Crippen LogP contribution in [-0.2, 0) is 16.0 Å². The molecule has 2 amide bonds. The number of halogens is 2. The number of rotatable bonds is 2. The van der Waals surface area contributed by atoms with Crippen molar-refractivity contribution in [2.45, 2.75) is 25.8 Å². The second-order valence-electron chi connectivity index (χ2n) is 5.29. The van der Waals surface area contributed by atoms with Crippen LogP contribution in [0, 0.1) is 0 Å². The molecule has 0 bridgehead atoms. The lowest BCUT2D eigenvalue weighted by atomic mass is 9.97. The molecule has 0 saturated carbocycles. The van der Waals surface area contributed by atoms with Crippen molar-refractivity contribution in [1.82, 2.24) is 10.2 Å². The van der Waals surface area contributed by atoms with Crippen LogP contribution < -0.4 is 5.32 Å². The molecule has 1 aromatic rings. The number of hydrogen-bond acceptors (Lipinski definition) is 2. The van der Waals surface area contributed by atoms with E-state index in [1.54, 1.807) is 36.9 Å². The minimum atomic E-state index is -0.828. The van der Waals surface area contributed by atoms with Crippen LogP contribution in [0.4, 0.5) is 0 Å². The van der Waals surface area contributed by atoms with Gasteiger partial charge in [0.1, 0.15) is 5.54 Å². The Morgan fingerprint density at radius 2 is 2.05 bits per heavy atom. The first kappa shape index (κ1) is 15.1. The highest BCUT2D eigenvalue weighted by molar-refractivity contribution is 6.42. The third-order valence-corrected chi connectivity index (χ3v) is 4.23. The van der Waals surface area contributed by atoms with Crippen LogP contribution in [0.3, 0.4) is 0 Å². The Morgan fingerprint density at radius 1 is 1.35 bits per heavy atom. The Kier molecular flexibility index (Phi) is 4.25. The molecule has 0 aromatic heterocycles. The van der Waals surface area contributed by atoms with Crippen LogP contribution in [0.15, 0.2) is 18.2 Å². The smallest absolute Gasteiger partial charge is 0.245 e. The molecule has 108 valence electrons. The lowest BCUT2D eigenvalue weighted by Gasteiger charge is -2.41. The van der Waals surface area contributed by atoms with Crippen molar-refractivity contribution < 1.29 is 9.59 Å². The van der Waals surface area contributed by atoms with Crippen molar-refractivity contribution in [2.75, 3.05) is 13.1 Å². The quantitative estimate of drug-likeness (QED) is 0.910. The van der Waals surface area contributed by atoms with E-state index in [1.165, 1.54) is 0 Å². The van der Waals surface area contributed by atoms with E-state index in [-0.39, 0.29) is 18.2 Å². The summed E-state index contributed by atoms with van der Waals surface area (Å²) in [7, 11) is 0. The topological polar surface area (TPSA) is 49.4 Å². The second-order valence-corrected chi connectivity index (χ2v) is 6.10. The Morgan fingerprint density at radius 3 is 2.70 bits per heavy atom. The first-order valence-electron chi connectivity index (χ1n) is 6.35. The number of benzene rings is 1. The van der Waals surface area contributed by atoms with Crippen LogP contribution in [0.1, 0.15) is 19.4 Å². The summed E-state index contributed by atoms with van der Waals surface area (Å²) in [5.74, 6) is -0.227. The van der Waals surface area contributed by atoms with Crippen LogP contribution in [0.5, 0.6) is 0 Å². The van der Waals surface area contributed by atoms with Crippen LogP contribution in [0.2, 0.25) is 10.0 Å². The minimum Gasteiger partial charge on any atom is -0.352 e. The lowest BCUT2D eigenvalue weighted by molar-refractivity contribution is -0.148. The van der Waals surface area contributed by atoms with E-state index in [9.17, 15) is 9.59 Å². The van der Waals surface area contributed by atoms with Gasteiger partial charge in [-0.3, -0.25) is 9.59 Å². The van der Waals surface area contributed by atoms with E-state index in [1.807, 2.05) is 0 Å². The number of amides is 2. The zero-order chi connectivity index (χ0) is 14.9. The normalized spacial score (nSPS) is 17.8. The van der Waals surface area contributed by atoms with Gasteiger partial charge in [0.15, 0.2) is 0 Å². The summed E-state index contributed by atoms with van der Waals surface area (Å²) in [6.07, 6.45) is 0.202. The van der Waals surface area contributed by atoms with E-state index in [0.29, 0.717) is 23.1 Å². The lowest BCUT2D eigenvalue weighted by Crippen LogP contribution is -2.63. The average molecular weight is 315 g/mol. The van der Waals surface area contributed by atoms with Gasteiger partial charge < -0.3 is 10.2 Å². The minimum absolute atomic E-state index is 0.0942. The van der Waals surface area contributed by atoms with E-state index in [2.05, 4.69) is 5.32 Å². The Bertz CT molecular complexity index is 558. The molecule has 4 nitrogen and oxygen atoms in total. The molecule has 2 rings (SSSR count). The van der Waals surface area contributed by atoms with Crippen molar-refractivity contribution in [3.8, 4) is 0 Å². The first-order valence-corrected chi connectivity index (χ1v) is 7.10. The third-order valence-electron chi connectivity index (χ3n) is 3.49. The van der Waals surface area contributed by atoms with Gasteiger partial charge in [0.05, 0.1) is 16.5 Å². The molecule has 1 aliphatic rings. The maximum Gasteiger partial charge on any atom is 0.245 e. The second kappa shape index (κ2) is 5.62. The van der Waals surface area contributed by atoms with E-state index >= 15 is 0 Å². The summed E-state index contributed by atoms with van der Waals surface area (Å²) in [6.45, 7) is 4.48. The SMILES string of the molecule is CC1(C)C(=O)NCCN1C(=O)Cc1ccc(Cl)c(Cl)c1. The predicted octanol–water partition coefficient (Wildman–Crippen LogP) is 2.27. The largest absolute Gasteiger partial charge is 0.352 e. The standard InChI is InChI=1S/C14H16Cl2N2O2/c1-14(2)13(20)17-5-6-18(14)12(19)8-9-3-4-10(15)11(16)7-9/h3-4,7H,5-6,8H2,1-2H3,(H,17,20). The summed E-state index contributed by atoms with van der Waals surface area (Å²) in [6, 6.07) is 5.11. The van der Waals surface area contributed by atoms with Crippen LogP contribution in [-0.4, -0.2) is 35.3 Å². The Labute approximate surface area is 128 Å². The Hall–Kier alpha value is -1.26. The summed E-state index contributed by atoms with van der Waals surface area (Å²) in [5, 5.41) is 3.65. The number of carbonyl (C=O) groups excluding carboxylic acids is 2. The first-order chi connectivity index (χ1) is 9.32. The van der Waals surface area contributed by atoms with Crippen LogP contribution in [0.25, 0.3) is 0 Å². The zero-order valence-electron chi connectivity index (χ0n) is 11.4. The molecule has 0 atom stereocenters. The molecule has 0 spiro atoms. The molecule has 1 heterocycles. The number of hydrogen-bond donors (Lipinski definition) is 1. The highest BCUT2D eigenvalue weighted by Gasteiger charge is 2.40. The Balaban J connectivity index is 2.15. The molecule has 0 aliphatic carbocycles. The maximum absolute atomic E-state index is 12.4. The van der Waals surface area contributed by atoms with Gasteiger partial charge in [-0.1, -0.05) is 29.3 Å². The average Bonchev–Trinajstić information content (AvgIpc) is 2.37. The van der Waals surface area contributed by atoms with E-state index in [0.717, 1.165) is 5.56 Å². The molecule has 1 saturated heterocycles. The fraction of sp³-hybridized carbons (Fsp3) is 0.429. The van der Waals surface area contributed by atoms with Crippen molar-refractivity contribution in [2.24, 2.45) is 0 Å². The van der Waals surface area contributed by atoms with Gasteiger partial charge in [0.25, 0.3) is 0 Å². The van der Waals surface area contributed by atoms with Crippen LogP contribution >= 0.6 is 23.2 Å². The number of carbonyl (C=O) groups is 2. The molecular weight excluding hydrogens is 299 g/mol. The molecule has 1 N–H and O–H groups in total. The van der Waals surface area contributed by atoms with E-state index in [4.69, 9.17) is 23.2 Å². The number of nitrogens with one attached hydrogen (secondary N) is 1. The maximum atomic E-state index is 12.4. The van der Waals surface area contributed by atoms with Gasteiger partial charge in [-0.25, -0.2) is 0 Å². The van der Waals surface area contributed by atoms with Gasteiger partial charge >= 0.3 is 0 Å². The predicted molar refractivity (Wildman–Crippen MR) is 79.0 cm³/mol. The zero-order valence-corrected chi connectivity index (χ0v) is 12.9. The number of piperazine rings is 1. The molecule has 1 aliphatic heterocycles. The molecule has 1 aromatic carbocycles. The van der Waals surface area contributed by atoms with Gasteiger partial charge in [-0.05, 0) is 31.5 Å². The molecule has 1 fully saturated rings. The highest BCUT2D eigenvalue weighted by atomic mass is 35.5. The van der Waals surface area contributed by atoms with Gasteiger partial charge in [0.2, 0.25) is 11.8 Å². The molecular formula is C14H16Cl2N2O2. The highest BCUT2D eigenvalue weighted by Crippen LogP contribution is 2.24. The molecule has 0 unspecified atom stereocenters. The number of nitrogens with zero attached hydrogens (tertiary/aromatic N) is 1. The van der Waals surface area contributed by atoms with E-state index < -0.39 is 5.54 Å². The van der Waals surface area contributed by atoms with Crippen molar-refractivity contribution >= 4 is 35.0 Å². The molecule has 6 heteroatoms. The van der Waals surface area contributed by atoms with Gasteiger partial charge in [0, 0.05) is 13.1 Å². The van der Waals surface area contributed by atoms with Gasteiger partial charge in [-0.2, -0.15) is 0 Å². The summed E-state index contributed by atoms with van der Waals surface area (Å²) in [4.78, 5) is 25.8. The van der Waals surface area contributed by atoms with Gasteiger partial charge in [-0.15, -0.1) is 0 Å². The fourth-order valence-electron chi connectivity index (χ4n) is 2.26. The molecule has 0 radical (unpaired) electrons. The monoisotopic (exact) mass is 314 g/mol.